The highest BCUT2D eigenvalue weighted by atomic mass is 16.1. The van der Waals surface area contributed by atoms with Crippen LogP contribution in [0, 0.1) is 0 Å². The van der Waals surface area contributed by atoms with Gasteiger partial charge in [-0.2, -0.15) is 0 Å². The van der Waals surface area contributed by atoms with Gasteiger partial charge in [-0.3, -0.25) is 9.13 Å². The monoisotopic (exact) mass is 165 g/mol. The summed E-state index contributed by atoms with van der Waals surface area (Å²) in [4.78, 5) is 15.2. The number of aryl methyl sites for hydroxylation is 2. The fraction of sp³-hybridized carbons (Fsp3) is 0.333. The lowest BCUT2D eigenvalue weighted by Gasteiger charge is -1.87. The molecule has 0 atom stereocenters. The standard InChI is InChI=1S/C6H7N5O/c1-10-4-5(9-8-3-7-4)11(2)6(10)12/h3H,1-2H3. The third kappa shape index (κ3) is 0.687. The Balaban J connectivity index is 3.09. The van der Waals surface area contributed by atoms with Gasteiger partial charge in [0, 0.05) is 14.1 Å². The van der Waals surface area contributed by atoms with E-state index in [4.69, 9.17) is 0 Å². The first-order valence-corrected chi connectivity index (χ1v) is 3.41. The van der Waals surface area contributed by atoms with E-state index in [9.17, 15) is 4.79 Å². The van der Waals surface area contributed by atoms with Crippen LogP contribution in [0.4, 0.5) is 0 Å². The van der Waals surface area contributed by atoms with Crippen molar-refractivity contribution in [2.45, 2.75) is 0 Å². The van der Waals surface area contributed by atoms with E-state index in [1.807, 2.05) is 0 Å². The molecule has 0 N–H and O–H groups in total. The summed E-state index contributed by atoms with van der Waals surface area (Å²) in [6.45, 7) is 0. The van der Waals surface area contributed by atoms with Gasteiger partial charge in [-0.1, -0.05) is 0 Å². The number of aromatic nitrogens is 5. The summed E-state index contributed by atoms with van der Waals surface area (Å²) >= 11 is 0. The molecule has 12 heavy (non-hydrogen) atoms. The lowest BCUT2D eigenvalue weighted by Crippen LogP contribution is -2.19. The molecule has 0 spiro atoms. The van der Waals surface area contributed by atoms with E-state index >= 15 is 0 Å². The van der Waals surface area contributed by atoms with Crippen molar-refractivity contribution in [3.63, 3.8) is 0 Å². The minimum Gasteiger partial charge on any atom is -0.278 e. The molecule has 0 unspecified atom stereocenters. The molecule has 0 aliphatic carbocycles. The number of imidazole rings is 1. The van der Waals surface area contributed by atoms with Crippen molar-refractivity contribution >= 4 is 11.3 Å². The Morgan fingerprint density at radius 3 is 2.58 bits per heavy atom. The summed E-state index contributed by atoms with van der Waals surface area (Å²) in [5.74, 6) is 0. The van der Waals surface area contributed by atoms with E-state index in [-0.39, 0.29) is 5.69 Å². The second-order valence-electron chi connectivity index (χ2n) is 2.51. The molecule has 6 heteroatoms. The average molecular weight is 165 g/mol. The molecular weight excluding hydrogens is 158 g/mol. The van der Waals surface area contributed by atoms with Gasteiger partial charge in [-0.25, -0.2) is 9.78 Å². The first-order valence-electron chi connectivity index (χ1n) is 3.41. The number of hydrogen-bond acceptors (Lipinski definition) is 4. The van der Waals surface area contributed by atoms with Crippen LogP contribution in [0.1, 0.15) is 0 Å². The minimum absolute atomic E-state index is 0.141. The molecule has 0 aromatic carbocycles. The first-order chi connectivity index (χ1) is 5.72. The van der Waals surface area contributed by atoms with Gasteiger partial charge < -0.3 is 0 Å². The Hall–Kier alpha value is -1.72. The van der Waals surface area contributed by atoms with Gasteiger partial charge in [0.15, 0.2) is 5.65 Å². The predicted octanol–water partition coefficient (Wildman–Crippen LogP) is -0.938. The summed E-state index contributed by atoms with van der Waals surface area (Å²) in [6.07, 6.45) is 1.32. The van der Waals surface area contributed by atoms with Gasteiger partial charge in [-0.15, -0.1) is 10.2 Å². The van der Waals surface area contributed by atoms with E-state index in [2.05, 4.69) is 15.2 Å². The average Bonchev–Trinajstić information content (AvgIpc) is 2.33. The van der Waals surface area contributed by atoms with Crippen LogP contribution in [-0.4, -0.2) is 24.3 Å². The molecule has 0 aliphatic heterocycles. The van der Waals surface area contributed by atoms with Crippen LogP contribution in [0.2, 0.25) is 0 Å². The zero-order valence-electron chi connectivity index (χ0n) is 6.72. The van der Waals surface area contributed by atoms with E-state index in [1.54, 1.807) is 14.1 Å². The fourth-order valence-corrected chi connectivity index (χ4v) is 1.12. The second kappa shape index (κ2) is 2.13. The molecule has 2 rings (SSSR count). The molecule has 0 saturated heterocycles. The van der Waals surface area contributed by atoms with Crippen molar-refractivity contribution in [3.8, 4) is 0 Å². The molecule has 0 radical (unpaired) electrons. The van der Waals surface area contributed by atoms with Gasteiger partial charge in [0.2, 0.25) is 5.65 Å². The molecule has 0 amide bonds. The predicted molar refractivity (Wildman–Crippen MR) is 41.5 cm³/mol. The molecule has 2 aromatic rings. The summed E-state index contributed by atoms with van der Waals surface area (Å²) in [5, 5.41) is 7.39. The molecule has 0 bridgehead atoms. The van der Waals surface area contributed by atoms with Gasteiger partial charge in [0.05, 0.1) is 0 Å². The number of nitrogens with zero attached hydrogens (tertiary/aromatic N) is 5. The van der Waals surface area contributed by atoms with Crippen LogP contribution in [0.3, 0.4) is 0 Å². The van der Waals surface area contributed by atoms with Crippen LogP contribution >= 0.6 is 0 Å². The van der Waals surface area contributed by atoms with Crippen molar-refractivity contribution in [2.75, 3.05) is 0 Å². The van der Waals surface area contributed by atoms with Gasteiger partial charge in [0.25, 0.3) is 0 Å². The van der Waals surface area contributed by atoms with Gasteiger partial charge in [-0.05, 0) is 0 Å². The second-order valence-corrected chi connectivity index (χ2v) is 2.51. The van der Waals surface area contributed by atoms with Crippen molar-refractivity contribution in [3.05, 3.63) is 16.8 Å². The van der Waals surface area contributed by atoms with Crippen LogP contribution in [0.5, 0.6) is 0 Å². The minimum atomic E-state index is -0.141. The normalized spacial score (nSPS) is 10.8. The summed E-state index contributed by atoms with van der Waals surface area (Å²) in [7, 11) is 3.29. The maximum Gasteiger partial charge on any atom is 0.331 e. The topological polar surface area (TPSA) is 65.6 Å². The number of hydrogen-bond donors (Lipinski definition) is 0. The van der Waals surface area contributed by atoms with Crippen molar-refractivity contribution < 1.29 is 0 Å². The third-order valence-corrected chi connectivity index (χ3v) is 1.79. The maximum atomic E-state index is 11.3. The molecular formula is C6H7N5O. The quantitative estimate of drug-likeness (QED) is 0.505. The Bertz CT molecular complexity index is 440. The summed E-state index contributed by atoms with van der Waals surface area (Å²) < 4.78 is 2.85. The summed E-state index contributed by atoms with van der Waals surface area (Å²) in [6, 6.07) is 0. The Morgan fingerprint density at radius 1 is 1.25 bits per heavy atom. The number of rotatable bonds is 0. The number of fused-ring (bicyclic) bond motifs is 1. The van der Waals surface area contributed by atoms with Crippen molar-refractivity contribution in [1.82, 2.24) is 24.3 Å². The van der Waals surface area contributed by atoms with Crippen LogP contribution in [-0.2, 0) is 14.1 Å². The highest BCUT2D eigenvalue weighted by Gasteiger charge is 2.08. The molecule has 0 saturated carbocycles. The Labute approximate surface area is 67.5 Å². The highest BCUT2D eigenvalue weighted by Crippen LogP contribution is 2.00. The van der Waals surface area contributed by atoms with E-state index in [1.165, 1.54) is 15.5 Å². The maximum absolute atomic E-state index is 11.3. The molecule has 6 nitrogen and oxygen atoms in total. The van der Waals surface area contributed by atoms with E-state index in [0.717, 1.165) is 0 Å². The van der Waals surface area contributed by atoms with E-state index in [0.29, 0.717) is 11.3 Å². The Morgan fingerprint density at radius 2 is 1.92 bits per heavy atom. The zero-order valence-corrected chi connectivity index (χ0v) is 6.72. The molecule has 0 aliphatic rings. The fourth-order valence-electron chi connectivity index (χ4n) is 1.12. The first kappa shape index (κ1) is 6.96. The van der Waals surface area contributed by atoms with Crippen molar-refractivity contribution in [1.29, 1.82) is 0 Å². The third-order valence-electron chi connectivity index (χ3n) is 1.79. The van der Waals surface area contributed by atoms with Gasteiger partial charge >= 0.3 is 5.69 Å². The van der Waals surface area contributed by atoms with Crippen LogP contribution in [0.15, 0.2) is 11.1 Å². The molecule has 2 heterocycles. The molecule has 2 aromatic heterocycles. The SMILES string of the molecule is Cn1c(=O)n(C)c2nncnc21. The molecule has 62 valence electrons. The van der Waals surface area contributed by atoms with Crippen LogP contribution < -0.4 is 5.69 Å². The largest absolute Gasteiger partial charge is 0.331 e. The lowest BCUT2D eigenvalue weighted by molar-refractivity contribution is 0.787. The molecule has 0 fully saturated rings. The van der Waals surface area contributed by atoms with Crippen LogP contribution in [0.25, 0.3) is 11.3 Å². The highest BCUT2D eigenvalue weighted by molar-refractivity contribution is 5.64. The van der Waals surface area contributed by atoms with E-state index < -0.39 is 0 Å². The zero-order chi connectivity index (χ0) is 8.72. The summed E-state index contributed by atoms with van der Waals surface area (Å²) in [5.41, 5.74) is 0.917. The smallest absolute Gasteiger partial charge is 0.278 e. The van der Waals surface area contributed by atoms with Gasteiger partial charge in [0.1, 0.15) is 6.33 Å². The Kier molecular flexibility index (Phi) is 1.24. The lowest BCUT2D eigenvalue weighted by atomic mass is 10.7. The van der Waals surface area contributed by atoms with Crippen molar-refractivity contribution in [2.24, 2.45) is 14.1 Å².